The first-order valence-corrected chi connectivity index (χ1v) is 6.99. The van der Waals surface area contributed by atoms with Crippen molar-refractivity contribution in [1.82, 2.24) is 0 Å². The predicted molar refractivity (Wildman–Crippen MR) is 85.1 cm³/mol. The van der Waals surface area contributed by atoms with Crippen LogP contribution in [0.2, 0.25) is 0 Å². The number of benzene rings is 1. The molecule has 2 atom stereocenters. The van der Waals surface area contributed by atoms with E-state index in [1.165, 1.54) is 6.07 Å². The Labute approximate surface area is 133 Å². The highest BCUT2D eigenvalue weighted by Gasteiger charge is 2.21. The SMILES string of the molecule is CC(C)CC[C@H](O)[C@H](N)c1ccc(Br)c([N+](=O)[O-])c1.Cl. The van der Waals surface area contributed by atoms with E-state index < -0.39 is 17.1 Å². The van der Waals surface area contributed by atoms with Gasteiger partial charge in [0.1, 0.15) is 0 Å². The number of rotatable bonds is 6. The van der Waals surface area contributed by atoms with E-state index in [1.807, 2.05) is 0 Å². The summed E-state index contributed by atoms with van der Waals surface area (Å²) in [5, 5.41) is 20.9. The highest BCUT2D eigenvalue weighted by atomic mass is 79.9. The Kier molecular flexibility index (Phi) is 8.27. The number of hydrogen-bond donors (Lipinski definition) is 2. The summed E-state index contributed by atoms with van der Waals surface area (Å²) in [7, 11) is 0. The second-order valence-corrected chi connectivity index (χ2v) is 5.89. The second kappa shape index (κ2) is 8.56. The zero-order valence-electron chi connectivity index (χ0n) is 11.5. The molecule has 0 aliphatic heterocycles. The van der Waals surface area contributed by atoms with Gasteiger partial charge in [0.25, 0.3) is 5.69 Å². The van der Waals surface area contributed by atoms with E-state index >= 15 is 0 Å². The van der Waals surface area contributed by atoms with Crippen molar-refractivity contribution >= 4 is 34.0 Å². The van der Waals surface area contributed by atoms with Crippen LogP contribution in [0.25, 0.3) is 0 Å². The smallest absolute Gasteiger partial charge is 0.283 e. The maximum Gasteiger partial charge on any atom is 0.283 e. The van der Waals surface area contributed by atoms with E-state index in [2.05, 4.69) is 29.8 Å². The van der Waals surface area contributed by atoms with Crippen LogP contribution in [0.3, 0.4) is 0 Å². The number of nitro groups is 1. The van der Waals surface area contributed by atoms with Crippen molar-refractivity contribution in [3.05, 3.63) is 38.3 Å². The van der Waals surface area contributed by atoms with Gasteiger partial charge in [0, 0.05) is 6.07 Å². The number of aliphatic hydroxyl groups is 1. The molecule has 20 heavy (non-hydrogen) atoms. The Morgan fingerprint density at radius 3 is 2.50 bits per heavy atom. The van der Waals surface area contributed by atoms with Gasteiger partial charge in [0.15, 0.2) is 0 Å². The average Bonchev–Trinajstić information content (AvgIpc) is 2.35. The van der Waals surface area contributed by atoms with Crippen LogP contribution in [-0.4, -0.2) is 16.1 Å². The van der Waals surface area contributed by atoms with Crippen LogP contribution in [0.15, 0.2) is 22.7 Å². The third-order valence-corrected chi connectivity index (χ3v) is 3.68. The lowest BCUT2D eigenvalue weighted by molar-refractivity contribution is -0.385. The minimum absolute atomic E-state index is 0. The molecule has 114 valence electrons. The van der Waals surface area contributed by atoms with Crippen molar-refractivity contribution < 1.29 is 10.0 Å². The Balaban J connectivity index is 0.00000361. The molecule has 0 aliphatic rings. The third kappa shape index (κ3) is 5.36. The van der Waals surface area contributed by atoms with Crippen LogP contribution >= 0.6 is 28.3 Å². The summed E-state index contributed by atoms with van der Waals surface area (Å²) in [4.78, 5) is 10.4. The fourth-order valence-corrected chi connectivity index (χ4v) is 2.17. The van der Waals surface area contributed by atoms with Gasteiger partial charge in [-0.05, 0) is 46.3 Å². The molecule has 0 heterocycles. The Hall–Kier alpha value is -0.690. The van der Waals surface area contributed by atoms with Gasteiger partial charge in [0.2, 0.25) is 0 Å². The molecule has 1 rings (SSSR count). The maximum absolute atomic E-state index is 10.9. The van der Waals surface area contributed by atoms with Crippen LogP contribution in [0.1, 0.15) is 38.3 Å². The summed E-state index contributed by atoms with van der Waals surface area (Å²) < 4.78 is 0.408. The first-order valence-electron chi connectivity index (χ1n) is 6.20. The lowest BCUT2D eigenvalue weighted by Gasteiger charge is -2.20. The largest absolute Gasteiger partial charge is 0.391 e. The number of nitro benzene ring substituents is 1. The molecule has 0 saturated heterocycles. The van der Waals surface area contributed by atoms with Gasteiger partial charge in [-0.25, -0.2) is 0 Å². The molecule has 1 aromatic carbocycles. The summed E-state index contributed by atoms with van der Waals surface area (Å²) in [6, 6.07) is 4.08. The molecular weight excluding hydrogens is 348 g/mol. The van der Waals surface area contributed by atoms with Crippen molar-refractivity contribution in [2.75, 3.05) is 0 Å². The fraction of sp³-hybridized carbons (Fsp3) is 0.538. The normalized spacial score (nSPS) is 13.7. The van der Waals surface area contributed by atoms with E-state index in [1.54, 1.807) is 12.1 Å². The molecule has 0 saturated carbocycles. The quantitative estimate of drug-likeness (QED) is 0.594. The zero-order valence-corrected chi connectivity index (χ0v) is 13.9. The molecule has 1 aromatic rings. The van der Waals surface area contributed by atoms with Gasteiger partial charge in [0.05, 0.1) is 21.5 Å². The van der Waals surface area contributed by atoms with Crippen LogP contribution in [0.5, 0.6) is 0 Å². The van der Waals surface area contributed by atoms with E-state index in [0.29, 0.717) is 22.4 Å². The number of aliphatic hydroxyl groups excluding tert-OH is 1. The molecule has 0 amide bonds. The minimum Gasteiger partial charge on any atom is -0.391 e. The Morgan fingerprint density at radius 1 is 1.40 bits per heavy atom. The van der Waals surface area contributed by atoms with E-state index in [9.17, 15) is 15.2 Å². The Bertz CT molecular complexity index is 457. The topological polar surface area (TPSA) is 89.4 Å². The number of hydrogen-bond acceptors (Lipinski definition) is 4. The van der Waals surface area contributed by atoms with Gasteiger partial charge in [-0.1, -0.05) is 19.9 Å². The van der Waals surface area contributed by atoms with Crippen LogP contribution < -0.4 is 5.73 Å². The molecule has 0 unspecified atom stereocenters. The predicted octanol–water partition coefficient (Wildman–Crippen LogP) is 3.58. The lowest BCUT2D eigenvalue weighted by Crippen LogP contribution is -2.26. The monoisotopic (exact) mass is 366 g/mol. The first kappa shape index (κ1) is 19.3. The molecule has 0 aromatic heterocycles. The van der Waals surface area contributed by atoms with E-state index in [0.717, 1.165) is 6.42 Å². The summed E-state index contributed by atoms with van der Waals surface area (Å²) >= 11 is 3.12. The lowest BCUT2D eigenvalue weighted by atomic mass is 9.96. The molecule has 0 aliphatic carbocycles. The average molecular weight is 368 g/mol. The van der Waals surface area contributed by atoms with E-state index in [-0.39, 0.29) is 18.1 Å². The van der Waals surface area contributed by atoms with Crippen LogP contribution in [0.4, 0.5) is 5.69 Å². The number of halogens is 2. The van der Waals surface area contributed by atoms with E-state index in [4.69, 9.17) is 5.73 Å². The molecule has 7 heteroatoms. The molecular formula is C13H20BrClN2O3. The van der Waals surface area contributed by atoms with Gasteiger partial charge >= 0.3 is 0 Å². The molecule has 0 spiro atoms. The third-order valence-electron chi connectivity index (χ3n) is 3.01. The minimum atomic E-state index is -0.692. The standard InChI is InChI=1S/C13H19BrN2O3.ClH/c1-8(2)3-6-12(17)13(15)9-4-5-10(14)11(7-9)16(18)19;/h4-5,7-8,12-13,17H,3,6,15H2,1-2H3;1H/t12-,13+;/m0./s1. The maximum atomic E-state index is 10.9. The van der Waals surface area contributed by atoms with Crippen molar-refractivity contribution in [2.24, 2.45) is 11.7 Å². The van der Waals surface area contributed by atoms with Gasteiger partial charge in [-0.2, -0.15) is 0 Å². The molecule has 5 nitrogen and oxygen atoms in total. The van der Waals surface area contributed by atoms with Crippen molar-refractivity contribution in [3.63, 3.8) is 0 Å². The number of nitrogens with zero attached hydrogens (tertiary/aromatic N) is 1. The molecule has 0 bridgehead atoms. The molecule has 0 fully saturated rings. The summed E-state index contributed by atoms with van der Waals surface area (Å²) in [5.41, 5.74) is 6.49. The summed E-state index contributed by atoms with van der Waals surface area (Å²) in [5.74, 6) is 0.487. The van der Waals surface area contributed by atoms with Crippen LogP contribution in [0, 0.1) is 16.0 Å². The zero-order chi connectivity index (χ0) is 14.6. The first-order chi connectivity index (χ1) is 8.82. The number of nitrogens with two attached hydrogens (primary N) is 1. The van der Waals surface area contributed by atoms with Crippen molar-refractivity contribution in [2.45, 2.75) is 38.8 Å². The second-order valence-electron chi connectivity index (χ2n) is 5.03. The van der Waals surface area contributed by atoms with Crippen molar-refractivity contribution in [3.8, 4) is 0 Å². The summed E-state index contributed by atoms with van der Waals surface area (Å²) in [6.45, 7) is 4.14. The van der Waals surface area contributed by atoms with Crippen molar-refractivity contribution in [1.29, 1.82) is 0 Å². The fourth-order valence-electron chi connectivity index (χ4n) is 1.78. The Morgan fingerprint density at radius 2 is 2.00 bits per heavy atom. The highest BCUT2D eigenvalue weighted by Crippen LogP contribution is 2.29. The highest BCUT2D eigenvalue weighted by molar-refractivity contribution is 9.10. The van der Waals surface area contributed by atoms with Gasteiger partial charge < -0.3 is 10.8 Å². The van der Waals surface area contributed by atoms with Crippen LogP contribution in [-0.2, 0) is 0 Å². The molecule has 3 N–H and O–H groups in total. The van der Waals surface area contributed by atoms with Gasteiger partial charge in [-0.15, -0.1) is 12.4 Å². The summed E-state index contributed by atoms with van der Waals surface area (Å²) in [6.07, 6.45) is 0.763. The van der Waals surface area contributed by atoms with Gasteiger partial charge in [-0.3, -0.25) is 10.1 Å². The molecule has 0 radical (unpaired) electrons.